The molecule has 2 atom stereocenters. The first-order chi connectivity index (χ1) is 9.51. The van der Waals surface area contributed by atoms with E-state index in [9.17, 15) is 5.11 Å². The first-order valence-corrected chi connectivity index (χ1v) is 7.14. The van der Waals surface area contributed by atoms with Gasteiger partial charge in [0.05, 0.1) is 5.60 Å². The van der Waals surface area contributed by atoms with E-state index in [2.05, 4.69) is 35.8 Å². The number of aliphatic hydroxyl groups is 2. The Morgan fingerprint density at radius 3 is 2.65 bits per heavy atom. The second kappa shape index (κ2) is 6.41. The van der Waals surface area contributed by atoms with Crippen molar-refractivity contribution in [3.63, 3.8) is 0 Å². The van der Waals surface area contributed by atoms with Crippen molar-refractivity contribution < 1.29 is 10.2 Å². The Hall–Kier alpha value is -1.34. The van der Waals surface area contributed by atoms with Crippen LogP contribution in [0.2, 0.25) is 0 Å². The van der Waals surface area contributed by atoms with Crippen LogP contribution in [0.25, 0.3) is 0 Å². The minimum atomic E-state index is -0.528. The maximum Gasteiger partial charge on any atom is 0.104 e. The van der Waals surface area contributed by atoms with Gasteiger partial charge in [-0.1, -0.05) is 30.9 Å². The van der Waals surface area contributed by atoms with Gasteiger partial charge in [0, 0.05) is 25.2 Å². The van der Waals surface area contributed by atoms with Gasteiger partial charge in [0.15, 0.2) is 0 Å². The first-order valence-electron chi connectivity index (χ1n) is 7.14. The second-order valence-electron chi connectivity index (χ2n) is 5.90. The van der Waals surface area contributed by atoms with E-state index in [0.29, 0.717) is 5.92 Å². The number of piperidine rings is 1. The number of hydrogen-bond donors (Lipinski definition) is 2. The third-order valence-corrected chi connectivity index (χ3v) is 4.20. The molecule has 1 aliphatic heterocycles. The normalized spacial score (nSPS) is 26.9. The van der Waals surface area contributed by atoms with Crippen LogP contribution in [0.4, 0.5) is 0 Å². The standard InChI is InChI=1S/C17H23NO2/c1-14-12-18(10-9-17(14,2)20)13-16-7-5-15(6-8-16)4-3-11-19/h5-8,14,19-20H,9-13H2,1-2H3/t14-,17+/m1/s1. The lowest BCUT2D eigenvalue weighted by molar-refractivity contribution is -0.0523. The Morgan fingerprint density at radius 2 is 2.05 bits per heavy atom. The summed E-state index contributed by atoms with van der Waals surface area (Å²) >= 11 is 0. The van der Waals surface area contributed by atoms with Crippen LogP contribution in [0.1, 0.15) is 31.4 Å². The lowest BCUT2D eigenvalue weighted by atomic mass is 9.84. The summed E-state index contributed by atoms with van der Waals surface area (Å²) in [4.78, 5) is 2.39. The Bertz CT molecular complexity index is 496. The molecule has 1 aliphatic rings. The molecule has 0 bridgehead atoms. The van der Waals surface area contributed by atoms with E-state index in [1.165, 1.54) is 5.56 Å². The molecule has 1 heterocycles. The van der Waals surface area contributed by atoms with Crippen molar-refractivity contribution in [1.82, 2.24) is 4.90 Å². The Morgan fingerprint density at radius 1 is 1.35 bits per heavy atom. The smallest absolute Gasteiger partial charge is 0.104 e. The molecule has 1 aromatic rings. The highest BCUT2D eigenvalue weighted by Crippen LogP contribution is 2.27. The van der Waals surface area contributed by atoms with Gasteiger partial charge in [-0.25, -0.2) is 0 Å². The molecule has 2 N–H and O–H groups in total. The Labute approximate surface area is 121 Å². The fourth-order valence-corrected chi connectivity index (χ4v) is 2.54. The highest BCUT2D eigenvalue weighted by molar-refractivity contribution is 5.36. The third-order valence-electron chi connectivity index (χ3n) is 4.20. The molecule has 0 aliphatic carbocycles. The summed E-state index contributed by atoms with van der Waals surface area (Å²) in [5.41, 5.74) is 1.66. The van der Waals surface area contributed by atoms with Crippen molar-refractivity contribution in [2.24, 2.45) is 5.92 Å². The van der Waals surface area contributed by atoms with Crippen LogP contribution in [0.3, 0.4) is 0 Å². The fourth-order valence-electron chi connectivity index (χ4n) is 2.54. The molecule has 3 nitrogen and oxygen atoms in total. The van der Waals surface area contributed by atoms with Gasteiger partial charge in [-0.2, -0.15) is 0 Å². The van der Waals surface area contributed by atoms with Gasteiger partial charge in [0.2, 0.25) is 0 Å². The van der Waals surface area contributed by atoms with Gasteiger partial charge >= 0.3 is 0 Å². The van der Waals surface area contributed by atoms with Crippen molar-refractivity contribution in [3.05, 3.63) is 35.4 Å². The van der Waals surface area contributed by atoms with E-state index >= 15 is 0 Å². The molecular formula is C17H23NO2. The monoisotopic (exact) mass is 273 g/mol. The van der Waals surface area contributed by atoms with Gasteiger partial charge in [-0.3, -0.25) is 4.90 Å². The minimum Gasteiger partial charge on any atom is -0.390 e. The molecular weight excluding hydrogens is 250 g/mol. The molecule has 1 aromatic carbocycles. The summed E-state index contributed by atoms with van der Waals surface area (Å²) in [6.07, 6.45) is 0.828. The third kappa shape index (κ3) is 3.83. The van der Waals surface area contributed by atoms with Crippen molar-refractivity contribution in [1.29, 1.82) is 0 Å². The molecule has 0 unspecified atom stereocenters. The summed E-state index contributed by atoms with van der Waals surface area (Å²) in [6, 6.07) is 8.14. The molecule has 2 rings (SSSR count). The molecule has 1 saturated heterocycles. The SMILES string of the molecule is C[C@@H]1CN(Cc2ccc(C#CCO)cc2)CC[C@]1(C)O. The van der Waals surface area contributed by atoms with Crippen LogP contribution < -0.4 is 0 Å². The largest absolute Gasteiger partial charge is 0.390 e. The van der Waals surface area contributed by atoms with Gasteiger partial charge in [0.25, 0.3) is 0 Å². The highest BCUT2D eigenvalue weighted by atomic mass is 16.3. The van der Waals surface area contributed by atoms with Gasteiger partial charge in [-0.15, -0.1) is 0 Å². The number of hydrogen-bond acceptors (Lipinski definition) is 3. The number of likely N-dealkylation sites (tertiary alicyclic amines) is 1. The van der Waals surface area contributed by atoms with E-state index < -0.39 is 5.60 Å². The second-order valence-corrected chi connectivity index (χ2v) is 5.90. The van der Waals surface area contributed by atoms with Crippen LogP contribution in [-0.2, 0) is 6.54 Å². The van der Waals surface area contributed by atoms with Crippen LogP contribution in [0, 0.1) is 17.8 Å². The Kier molecular flexibility index (Phi) is 4.82. The molecule has 0 spiro atoms. The lowest BCUT2D eigenvalue weighted by Gasteiger charge is -2.41. The molecule has 0 amide bonds. The molecule has 0 saturated carbocycles. The topological polar surface area (TPSA) is 43.7 Å². The van der Waals surface area contributed by atoms with E-state index in [1.54, 1.807) is 0 Å². The van der Waals surface area contributed by atoms with Gasteiger partial charge in [-0.05, 0) is 37.0 Å². The molecule has 0 aromatic heterocycles. The molecule has 1 fully saturated rings. The quantitative estimate of drug-likeness (QED) is 0.805. The van der Waals surface area contributed by atoms with Gasteiger partial charge < -0.3 is 10.2 Å². The summed E-state index contributed by atoms with van der Waals surface area (Å²) in [5, 5.41) is 18.8. The maximum absolute atomic E-state index is 10.2. The number of aliphatic hydroxyl groups excluding tert-OH is 1. The number of rotatable bonds is 2. The lowest BCUT2D eigenvalue weighted by Crippen LogP contribution is -2.48. The molecule has 3 heteroatoms. The van der Waals surface area contributed by atoms with Crippen LogP contribution in [0.15, 0.2) is 24.3 Å². The van der Waals surface area contributed by atoms with E-state index in [-0.39, 0.29) is 6.61 Å². The summed E-state index contributed by atoms with van der Waals surface area (Å²) in [5.74, 6) is 5.84. The van der Waals surface area contributed by atoms with E-state index in [0.717, 1.165) is 31.6 Å². The fraction of sp³-hybridized carbons (Fsp3) is 0.529. The number of nitrogens with zero attached hydrogens (tertiary/aromatic N) is 1. The van der Waals surface area contributed by atoms with Crippen molar-refractivity contribution in [2.75, 3.05) is 19.7 Å². The van der Waals surface area contributed by atoms with Crippen LogP contribution >= 0.6 is 0 Å². The highest BCUT2D eigenvalue weighted by Gasteiger charge is 2.34. The van der Waals surface area contributed by atoms with Crippen molar-refractivity contribution in [3.8, 4) is 11.8 Å². The van der Waals surface area contributed by atoms with Crippen molar-refractivity contribution in [2.45, 2.75) is 32.4 Å². The Balaban J connectivity index is 1.94. The summed E-state index contributed by atoms with van der Waals surface area (Å²) in [6.45, 7) is 6.72. The zero-order valence-corrected chi connectivity index (χ0v) is 12.3. The van der Waals surface area contributed by atoms with Crippen molar-refractivity contribution >= 4 is 0 Å². The molecule has 0 radical (unpaired) electrons. The molecule has 108 valence electrons. The zero-order chi connectivity index (χ0) is 14.6. The maximum atomic E-state index is 10.2. The average molecular weight is 273 g/mol. The summed E-state index contributed by atoms with van der Waals surface area (Å²) < 4.78 is 0. The predicted molar refractivity (Wildman–Crippen MR) is 80.1 cm³/mol. The predicted octanol–water partition coefficient (Wildman–Crippen LogP) is 1.62. The zero-order valence-electron chi connectivity index (χ0n) is 12.3. The van der Waals surface area contributed by atoms with Crippen LogP contribution in [0.5, 0.6) is 0 Å². The van der Waals surface area contributed by atoms with Gasteiger partial charge in [0.1, 0.15) is 6.61 Å². The minimum absolute atomic E-state index is 0.104. The molecule has 20 heavy (non-hydrogen) atoms. The van der Waals surface area contributed by atoms with E-state index in [4.69, 9.17) is 5.11 Å². The average Bonchev–Trinajstić information content (AvgIpc) is 2.43. The summed E-state index contributed by atoms with van der Waals surface area (Å²) in [7, 11) is 0. The number of benzene rings is 1. The van der Waals surface area contributed by atoms with E-state index in [1.807, 2.05) is 19.1 Å². The van der Waals surface area contributed by atoms with Crippen LogP contribution in [-0.4, -0.2) is 40.4 Å². The first kappa shape index (κ1) is 15.1.